The summed E-state index contributed by atoms with van der Waals surface area (Å²) in [7, 11) is 2.88. The van der Waals surface area contributed by atoms with Crippen molar-refractivity contribution in [2.24, 2.45) is 0 Å². The van der Waals surface area contributed by atoms with Crippen molar-refractivity contribution >= 4 is 40.0 Å². The van der Waals surface area contributed by atoms with Crippen LogP contribution in [0, 0.1) is 0 Å². The number of benzene rings is 1. The average molecular weight is 457 g/mol. The maximum atomic E-state index is 13.0. The summed E-state index contributed by atoms with van der Waals surface area (Å²) >= 11 is 1.39. The summed E-state index contributed by atoms with van der Waals surface area (Å²) in [6, 6.07) is 4.46. The van der Waals surface area contributed by atoms with Gasteiger partial charge in [-0.3, -0.25) is 19.3 Å². The third kappa shape index (κ3) is 3.93. The Morgan fingerprint density at radius 2 is 1.84 bits per heavy atom. The number of aryl methyl sites for hydroxylation is 1. The normalized spacial score (nSPS) is 14.9. The molecule has 1 aliphatic heterocycles. The molecule has 2 heterocycles. The van der Waals surface area contributed by atoms with Gasteiger partial charge in [0, 0.05) is 30.7 Å². The lowest BCUT2D eigenvalue weighted by Gasteiger charge is -2.12. The first kappa shape index (κ1) is 22.2. The number of imide groups is 1. The average Bonchev–Trinajstić information content (AvgIpc) is 3.28. The van der Waals surface area contributed by atoms with Gasteiger partial charge in [-0.05, 0) is 55.9 Å². The fourth-order valence-corrected chi connectivity index (χ4v) is 5.42. The van der Waals surface area contributed by atoms with Gasteiger partial charge in [0.15, 0.2) is 0 Å². The summed E-state index contributed by atoms with van der Waals surface area (Å²) in [5.74, 6) is -1.71. The van der Waals surface area contributed by atoms with Gasteiger partial charge in [0.25, 0.3) is 17.7 Å². The van der Waals surface area contributed by atoms with Crippen LogP contribution in [-0.4, -0.2) is 56.0 Å². The number of hydrogen-bond donors (Lipinski definition) is 1. The van der Waals surface area contributed by atoms with Crippen LogP contribution in [-0.2, 0) is 22.3 Å². The fourth-order valence-electron chi connectivity index (χ4n) is 4.15. The minimum atomic E-state index is -0.471. The number of ether oxygens (including phenoxy) is 2. The number of carbonyl (C=O) groups excluding carboxylic acids is 4. The monoisotopic (exact) mass is 456 g/mol. The van der Waals surface area contributed by atoms with Crippen LogP contribution in [0.25, 0.3) is 0 Å². The Labute approximate surface area is 189 Å². The molecule has 2 aliphatic rings. The molecule has 1 aromatic heterocycles. The van der Waals surface area contributed by atoms with E-state index in [-0.39, 0.29) is 29.1 Å². The maximum Gasteiger partial charge on any atom is 0.341 e. The van der Waals surface area contributed by atoms with Crippen molar-refractivity contribution in [1.82, 2.24) is 4.90 Å². The van der Waals surface area contributed by atoms with Gasteiger partial charge in [0.05, 0.1) is 23.8 Å². The molecule has 0 fully saturated rings. The number of fused-ring (bicyclic) bond motifs is 2. The molecule has 9 heteroatoms. The zero-order valence-corrected chi connectivity index (χ0v) is 18.8. The van der Waals surface area contributed by atoms with E-state index in [1.165, 1.54) is 41.5 Å². The van der Waals surface area contributed by atoms with E-state index in [1.807, 2.05) is 0 Å². The van der Waals surface area contributed by atoms with Crippen LogP contribution in [0.5, 0.6) is 0 Å². The molecule has 1 aliphatic carbocycles. The molecule has 3 amide bonds. The molecule has 0 unspecified atom stereocenters. The van der Waals surface area contributed by atoms with Crippen LogP contribution in [0.4, 0.5) is 5.00 Å². The van der Waals surface area contributed by atoms with E-state index in [4.69, 9.17) is 9.47 Å². The molecule has 2 aromatic rings. The minimum Gasteiger partial charge on any atom is -0.465 e. The molecule has 0 saturated carbocycles. The Balaban J connectivity index is 1.58. The van der Waals surface area contributed by atoms with E-state index in [2.05, 4.69) is 5.32 Å². The third-order valence-corrected chi connectivity index (χ3v) is 6.96. The lowest BCUT2D eigenvalue weighted by Crippen LogP contribution is -2.31. The Bertz CT molecular complexity index is 1110. The molecule has 0 saturated heterocycles. The highest BCUT2D eigenvalue weighted by atomic mass is 32.1. The van der Waals surface area contributed by atoms with Crippen LogP contribution < -0.4 is 5.32 Å². The largest absolute Gasteiger partial charge is 0.465 e. The number of carbonyl (C=O) groups is 4. The van der Waals surface area contributed by atoms with Crippen molar-refractivity contribution in [3.63, 3.8) is 0 Å². The highest BCUT2D eigenvalue weighted by Gasteiger charge is 2.36. The van der Waals surface area contributed by atoms with Gasteiger partial charge >= 0.3 is 5.97 Å². The number of hydrogen-bond acceptors (Lipinski definition) is 7. The Kier molecular flexibility index (Phi) is 6.38. The Morgan fingerprint density at radius 1 is 1.09 bits per heavy atom. The minimum absolute atomic E-state index is 0.207. The lowest BCUT2D eigenvalue weighted by molar-refractivity contribution is 0.0597. The van der Waals surface area contributed by atoms with Crippen molar-refractivity contribution in [3.05, 3.63) is 50.9 Å². The molecule has 4 rings (SSSR count). The van der Waals surface area contributed by atoms with Gasteiger partial charge in [-0.15, -0.1) is 11.3 Å². The highest BCUT2D eigenvalue weighted by molar-refractivity contribution is 7.17. The fraction of sp³-hybridized carbons (Fsp3) is 0.391. The van der Waals surface area contributed by atoms with Gasteiger partial charge in [-0.2, -0.15) is 0 Å². The lowest BCUT2D eigenvalue weighted by atomic mass is 9.95. The molecule has 0 spiro atoms. The number of amides is 3. The van der Waals surface area contributed by atoms with E-state index in [9.17, 15) is 19.2 Å². The number of nitrogens with one attached hydrogen (secondary N) is 1. The first-order valence-corrected chi connectivity index (χ1v) is 11.3. The summed E-state index contributed by atoms with van der Waals surface area (Å²) in [6.07, 6.45) is 4.22. The van der Waals surface area contributed by atoms with Crippen LogP contribution in [0.3, 0.4) is 0 Å². The second-order valence-corrected chi connectivity index (χ2v) is 8.83. The predicted molar refractivity (Wildman–Crippen MR) is 119 cm³/mol. The smallest absolute Gasteiger partial charge is 0.341 e. The van der Waals surface area contributed by atoms with Gasteiger partial charge in [0.2, 0.25) is 0 Å². The first-order valence-electron chi connectivity index (χ1n) is 10.5. The molecule has 8 nitrogen and oxygen atoms in total. The second-order valence-electron chi connectivity index (χ2n) is 7.73. The quantitative estimate of drug-likeness (QED) is 0.390. The van der Waals surface area contributed by atoms with E-state index in [0.717, 1.165) is 36.1 Å². The van der Waals surface area contributed by atoms with Crippen molar-refractivity contribution in [2.45, 2.75) is 32.1 Å². The van der Waals surface area contributed by atoms with Gasteiger partial charge in [0.1, 0.15) is 5.00 Å². The van der Waals surface area contributed by atoms with E-state index < -0.39 is 17.8 Å². The number of rotatable bonds is 7. The zero-order chi connectivity index (χ0) is 22.8. The van der Waals surface area contributed by atoms with Crippen molar-refractivity contribution < 1.29 is 28.7 Å². The molecule has 1 aromatic carbocycles. The number of nitrogens with zero attached hydrogens (tertiary/aromatic N) is 1. The van der Waals surface area contributed by atoms with E-state index >= 15 is 0 Å². The van der Waals surface area contributed by atoms with Crippen molar-refractivity contribution in [3.8, 4) is 0 Å². The number of methoxy groups -OCH3 is 2. The molecule has 0 radical (unpaired) electrons. The number of esters is 1. The van der Waals surface area contributed by atoms with Crippen LogP contribution in [0.2, 0.25) is 0 Å². The van der Waals surface area contributed by atoms with Gasteiger partial charge < -0.3 is 14.8 Å². The molecular weight excluding hydrogens is 432 g/mol. The van der Waals surface area contributed by atoms with Gasteiger partial charge in [-0.25, -0.2) is 4.79 Å². The molecule has 0 atom stereocenters. The molecule has 1 N–H and O–H groups in total. The standard InChI is InChI=1S/C23H24N2O6S/c1-30-11-5-10-25-21(27)14-9-8-13(12-16(14)22(25)28)19(26)24-20-18(23(29)31-2)15-6-3-4-7-17(15)32-20/h8-9,12H,3-7,10-11H2,1-2H3,(H,24,26). The zero-order valence-electron chi connectivity index (χ0n) is 18.0. The summed E-state index contributed by atoms with van der Waals surface area (Å²) in [4.78, 5) is 52.9. The number of anilines is 1. The molecular formula is C23H24N2O6S. The second kappa shape index (κ2) is 9.22. The van der Waals surface area contributed by atoms with Crippen molar-refractivity contribution in [1.29, 1.82) is 0 Å². The molecule has 32 heavy (non-hydrogen) atoms. The predicted octanol–water partition coefficient (Wildman–Crippen LogP) is 3.30. The molecule has 168 valence electrons. The number of thiophene rings is 1. The van der Waals surface area contributed by atoms with Crippen LogP contribution >= 0.6 is 11.3 Å². The first-order chi connectivity index (χ1) is 15.5. The summed E-state index contributed by atoms with van der Waals surface area (Å²) < 4.78 is 9.93. The topological polar surface area (TPSA) is 102 Å². The van der Waals surface area contributed by atoms with Crippen molar-refractivity contribution in [2.75, 3.05) is 32.7 Å². The SMILES string of the molecule is COCCCN1C(=O)c2ccc(C(=O)Nc3sc4c(c3C(=O)OC)CCCC4)cc2C1=O. The Morgan fingerprint density at radius 3 is 2.59 bits per heavy atom. The highest BCUT2D eigenvalue weighted by Crippen LogP contribution is 2.39. The Hall–Kier alpha value is -3.04. The van der Waals surface area contributed by atoms with E-state index in [1.54, 1.807) is 7.11 Å². The van der Waals surface area contributed by atoms with Crippen LogP contribution in [0.1, 0.15) is 71.1 Å². The molecule has 0 bridgehead atoms. The summed E-state index contributed by atoms with van der Waals surface area (Å²) in [6.45, 7) is 0.694. The summed E-state index contributed by atoms with van der Waals surface area (Å²) in [5, 5.41) is 3.28. The third-order valence-electron chi connectivity index (χ3n) is 5.75. The van der Waals surface area contributed by atoms with E-state index in [0.29, 0.717) is 23.6 Å². The summed E-state index contributed by atoms with van der Waals surface area (Å²) in [5.41, 5.74) is 2.09. The maximum absolute atomic E-state index is 13.0. The van der Waals surface area contributed by atoms with Crippen LogP contribution in [0.15, 0.2) is 18.2 Å². The van der Waals surface area contributed by atoms with Gasteiger partial charge in [-0.1, -0.05) is 0 Å².